The van der Waals surface area contributed by atoms with Crippen molar-refractivity contribution in [2.75, 3.05) is 7.11 Å². The van der Waals surface area contributed by atoms with Crippen molar-refractivity contribution in [2.45, 2.75) is 17.6 Å². The van der Waals surface area contributed by atoms with Crippen molar-refractivity contribution in [3.63, 3.8) is 0 Å². The number of aromatic amines is 1. The summed E-state index contributed by atoms with van der Waals surface area (Å²) in [6.07, 6.45) is 1.74. The Morgan fingerprint density at radius 2 is 1.82 bits per heavy atom. The van der Waals surface area contributed by atoms with Crippen LogP contribution in [0.2, 0.25) is 0 Å². The number of hydrogen-bond acceptors (Lipinski definition) is 3. The molecule has 3 aromatic rings. The molecule has 0 radical (unpaired) electrons. The summed E-state index contributed by atoms with van der Waals surface area (Å²) >= 11 is 0. The molecule has 1 heterocycles. The van der Waals surface area contributed by atoms with Gasteiger partial charge in [0.2, 0.25) is 0 Å². The number of aryl methyl sites for hydroxylation is 1. The lowest BCUT2D eigenvalue weighted by molar-refractivity contribution is 0.419. The average Bonchev–Trinajstić information content (AvgIpc) is 2.90. The van der Waals surface area contributed by atoms with Crippen molar-refractivity contribution in [2.24, 2.45) is 0 Å². The second kappa shape index (κ2) is 5.50. The molecule has 0 atom stereocenters. The highest BCUT2D eigenvalue weighted by Crippen LogP contribution is 2.30. The van der Waals surface area contributed by atoms with E-state index in [0.29, 0.717) is 16.2 Å². The molecule has 0 aliphatic heterocycles. The molecular weight excluding hydrogens is 298 g/mol. The molecule has 0 fully saturated rings. The molecule has 2 aromatic carbocycles. The van der Waals surface area contributed by atoms with Gasteiger partial charge in [-0.3, -0.25) is 0 Å². The van der Waals surface area contributed by atoms with E-state index in [1.807, 2.05) is 37.3 Å². The monoisotopic (exact) mass is 315 g/mol. The zero-order valence-electron chi connectivity index (χ0n) is 12.5. The largest absolute Gasteiger partial charge is 0.496 e. The smallest absolute Gasteiger partial charge is 0.182 e. The molecule has 0 aliphatic carbocycles. The highest BCUT2D eigenvalue weighted by atomic mass is 32.2. The van der Waals surface area contributed by atoms with Gasteiger partial charge in [-0.05, 0) is 36.8 Å². The van der Waals surface area contributed by atoms with Gasteiger partial charge in [0.1, 0.15) is 5.75 Å². The fraction of sp³-hybridized carbons (Fsp3) is 0.176. The summed E-state index contributed by atoms with van der Waals surface area (Å²) in [5.74, 6) is 0.615. The maximum Gasteiger partial charge on any atom is 0.182 e. The molecule has 0 spiro atoms. The van der Waals surface area contributed by atoms with E-state index >= 15 is 0 Å². The van der Waals surface area contributed by atoms with Crippen LogP contribution in [0.5, 0.6) is 5.75 Å². The first-order valence-corrected chi connectivity index (χ1v) is 8.59. The summed E-state index contributed by atoms with van der Waals surface area (Å²) in [5, 5.41) is 0.820. The Labute approximate surface area is 129 Å². The van der Waals surface area contributed by atoms with E-state index in [-0.39, 0.29) is 5.75 Å². The van der Waals surface area contributed by atoms with Crippen LogP contribution in [0.15, 0.2) is 53.6 Å². The molecule has 0 unspecified atom stereocenters. The average molecular weight is 315 g/mol. The number of fused-ring (bicyclic) bond motifs is 1. The van der Waals surface area contributed by atoms with E-state index in [2.05, 4.69) is 4.98 Å². The molecule has 0 bridgehead atoms. The highest BCUT2D eigenvalue weighted by Gasteiger charge is 2.19. The maximum atomic E-state index is 12.6. The number of benzene rings is 2. The molecule has 22 heavy (non-hydrogen) atoms. The Kier molecular flexibility index (Phi) is 3.66. The molecule has 0 saturated heterocycles. The minimum absolute atomic E-state index is 0.0591. The van der Waals surface area contributed by atoms with Crippen molar-refractivity contribution >= 4 is 20.7 Å². The molecule has 1 N–H and O–H groups in total. The van der Waals surface area contributed by atoms with E-state index in [1.54, 1.807) is 25.4 Å². The van der Waals surface area contributed by atoms with Gasteiger partial charge in [-0.1, -0.05) is 23.8 Å². The van der Waals surface area contributed by atoms with E-state index < -0.39 is 9.84 Å². The lowest BCUT2D eigenvalue weighted by Gasteiger charge is -2.07. The molecule has 0 saturated carbocycles. The summed E-state index contributed by atoms with van der Waals surface area (Å²) in [7, 11) is -1.81. The lowest BCUT2D eigenvalue weighted by atomic mass is 10.2. The fourth-order valence-electron chi connectivity index (χ4n) is 2.54. The maximum absolute atomic E-state index is 12.6. The van der Waals surface area contributed by atoms with Gasteiger partial charge in [-0.15, -0.1) is 0 Å². The van der Waals surface area contributed by atoms with Gasteiger partial charge >= 0.3 is 0 Å². The van der Waals surface area contributed by atoms with Gasteiger partial charge in [0.05, 0.1) is 17.8 Å². The number of sulfone groups is 1. The SMILES string of the molecule is COc1cccc2[nH]cc(CS(=O)(=O)c3ccc(C)cc3)c12. The van der Waals surface area contributed by atoms with E-state index in [1.165, 1.54) is 0 Å². The van der Waals surface area contributed by atoms with Gasteiger partial charge in [-0.25, -0.2) is 8.42 Å². The molecule has 3 rings (SSSR count). The summed E-state index contributed by atoms with van der Waals surface area (Å²) in [6, 6.07) is 12.5. The number of aromatic nitrogens is 1. The van der Waals surface area contributed by atoms with Crippen LogP contribution in [0.3, 0.4) is 0 Å². The Bertz CT molecular complexity index is 909. The van der Waals surface area contributed by atoms with Gasteiger partial charge in [0.25, 0.3) is 0 Å². The van der Waals surface area contributed by atoms with Crippen LogP contribution in [-0.4, -0.2) is 20.5 Å². The standard InChI is InChI=1S/C17H17NO3S/c1-12-6-8-14(9-7-12)22(19,20)11-13-10-18-15-4-3-5-16(21-2)17(13)15/h3-10,18H,11H2,1-2H3. The minimum atomic E-state index is -3.39. The van der Waals surface area contributed by atoms with Gasteiger partial charge in [0, 0.05) is 17.1 Å². The molecule has 1 aromatic heterocycles. The summed E-state index contributed by atoms with van der Waals surface area (Å²) in [5.41, 5.74) is 2.62. The molecule has 114 valence electrons. The second-order valence-corrected chi connectivity index (χ2v) is 7.26. The third-order valence-corrected chi connectivity index (χ3v) is 5.38. The summed E-state index contributed by atoms with van der Waals surface area (Å²) < 4.78 is 30.5. The van der Waals surface area contributed by atoms with E-state index in [4.69, 9.17) is 4.74 Å². The zero-order valence-corrected chi connectivity index (χ0v) is 13.3. The van der Waals surface area contributed by atoms with Crippen molar-refractivity contribution in [1.29, 1.82) is 0 Å². The number of hydrogen-bond donors (Lipinski definition) is 1. The first-order chi connectivity index (χ1) is 10.5. The summed E-state index contributed by atoms with van der Waals surface area (Å²) in [4.78, 5) is 3.44. The number of nitrogens with one attached hydrogen (secondary N) is 1. The second-order valence-electron chi connectivity index (χ2n) is 5.27. The van der Waals surface area contributed by atoms with Crippen LogP contribution in [-0.2, 0) is 15.6 Å². The van der Waals surface area contributed by atoms with Gasteiger partial charge in [-0.2, -0.15) is 0 Å². The van der Waals surface area contributed by atoms with E-state index in [0.717, 1.165) is 16.5 Å². The molecule has 4 nitrogen and oxygen atoms in total. The van der Waals surface area contributed by atoms with Gasteiger partial charge < -0.3 is 9.72 Å². The topological polar surface area (TPSA) is 59.2 Å². The molecular formula is C17H17NO3S. The Morgan fingerprint density at radius 1 is 1.09 bits per heavy atom. The van der Waals surface area contributed by atoms with Crippen LogP contribution in [0.25, 0.3) is 10.9 Å². The number of ether oxygens (including phenoxy) is 1. The fourth-order valence-corrected chi connectivity index (χ4v) is 3.89. The normalized spacial score (nSPS) is 11.7. The first-order valence-electron chi connectivity index (χ1n) is 6.93. The highest BCUT2D eigenvalue weighted by molar-refractivity contribution is 7.90. The third kappa shape index (κ3) is 2.60. The Morgan fingerprint density at radius 3 is 2.50 bits per heavy atom. The predicted molar refractivity (Wildman–Crippen MR) is 86.9 cm³/mol. The van der Waals surface area contributed by atoms with Crippen LogP contribution in [0, 0.1) is 6.92 Å². The third-order valence-electron chi connectivity index (χ3n) is 3.69. The quantitative estimate of drug-likeness (QED) is 0.802. The molecule has 0 amide bonds. The molecule has 0 aliphatic rings. The zero-order chi connectivity index (χ0) is 15.7. The predicted octanol–water partition coefficient (Wildman–Crippen LogP) is 3.46. The van der Waals surface area contributed by atoms with E-state index in [9.17, 15) is 8.42 Å². The number of rotatable bonds is 4. The Balaban J connectivity index is 2.04. The van der Waals surface area contributed by atoms with Crippen molar-refractivity contribution in [3.05, 3.63) is 59.8 Å². The summed E-state index contributed by atoms with van der Waals surface area (Å²) in [6.45, 7) is 1.93. The first kappa shape index (κ1) is 14.7. The van der Waals surface area contributed by atoms with Crippen LogP contribution in [0.1, 0.15) is 11.1 Å². The van der Waals surface area contributed by atoms with Crippen molar-refractivity contribution < 1.29 is 13.2 Å². The Hall–Kier alpha value is -2.27. The molecule has 5 heteroatoms. The van der Waals surface area contributed by atoms with Crippen LogP contribution in [0.4, 0.5) is 0 Å². The van der Waals surface area contributed by atoms with Crippen molar-refractivity contribution in [3.8, 4) is 5.75 Å². The van der Waals surface area contributed by atoms with Crippen molar-refractivity contribution in [1.82, 2.24) is 4.98 Å². The van der Waals surface area contributed by atoms with Crippen LogP contribution < -0.4 is 4.74 Å². The van der Waals surface area contributed by atoms with Crippen LogP contribution >= 0.6 is 0 Å². The minimum Gasteiger partial charge on any atom is -0.496 e. The number of H-pyrrole nitrogens is 1. The number of methoxy groups -OCH3 is 1. The lowest BCUT2D eigenvalue weighted by Crippen LogP contribution is -2.04. The van der Waals surface area contributed by atoms with Gasteiger partial charge in [0.15, 0.2) is 9.84 Å².